The molecular weight excluding hydrogens is 266 g/mol. The van der Waals surface area contributed by atoms with Gasteiger partial charge >= 0.3 is 0 Å². The number of likely N-dealkylation sites (tertiary alicyclic amines) is 1. The van der Waals surface area contributed by atoms with Crippen molar-refractivity contribution in [2.24, 2.45) is 0 Å². The van der Waals surface area contributed by atoms with E-state index in [-0.39, 0.29) is 11.9 Å². The van der Waals surface area contributed by atoms with Gasteiger partial charge in [0.15, 0.2) is 5.82 Å². The third-order valence-electron chi connectivity index (χ3n) is 3.95. The van der Waals surface area contributed by atoms with Gasteiger partial charge in [0.1, 0.15) is 0 Å². The smallest absolute Gasteiger partial charge is 0.227 e. The van der Waals surface area contributed by atoms with Crippen LogP contribution in [0.25, 0.3) is 0 Å². The van der Waals surface area contributed by atoms with Crippen molar-refractivity contribution >= 4 is 5.91 Å². The minimum atomic E-state index is -0.0533. The Morgan fingerprint density at radius 3 is 2.86 bits per heavy atom. The van der Waals surface area contributed by atoms with Gasteiger partial charge in [-0.3, -0.25) is 4.79 Å². The van der Waals surface area contributed by atoms with E-state index in [1.54, 1.807) is 0 Å². The molecule has 1 atom stereocenters. The first kappa shape index (κ1) is 13.8. The molecule has 0 radical (unpaired) electrons. The number of carbonyl (C=O) groups is 1. The highest BCUT2D eigenvalue weighted by molar-refractivity contribution is 5.79. The Morgan fingerprint density at radius 1 is 1.24 bits per heavy atom. The first-order valence-electron chi connectivity index (χ1n) is 7.44. The van der Waals surface area contributed by atoms with Crippen LogP contribution in [-0.2, 0) is 11.2 Å². The van der Waals surface area contributed by atoms with Gasteiger partial charge in [0.2, 0.25) is 12.3 Å². The molecular formula is C16H19N3O2. The van der Waals surface area contributed by atoms with Crippen LogP contribution in [0.2, 0.25) is 0 Å². The van der Waals surface area contributed by atoms with Crippen LogP contribution in [-0.4, -0.2) is 27.5 Å². The number of hydrogen-bond acceptors (Lipinski definition) is 4. The Hall–Kier alpha value is -2.17. The fourth-order valence-electron chi connectivity index (χ4n) is 2.87. The summed E-state index contributed by atoms with van der Waals surface area (Å²) in [4.78, 5) is 18.7. The topological polar surface area (TPSA) is 59.2 Å². The van der Waals surface area contributed by atoms with Crippen molar-refractivity contribution in [3.8, 4) is 0 Å². The lowest BCUT2D eigenvalue weighted by atomic mass is 10.1. The molecule has 110 valence electrons. The van der Waals surface area contributed by atoms with E-state index >= 15 is 0 Å². The molecule has 3 rings (SSSR count). The van der Waals surface area contributed by atoms with E-state index in [0.29, 0.717) is 12.2 Å². The van der Waals surface area contributed by atoms with Crippen molar-refractivity contribution in [3.05, 3.63) is 48.1 Å². The molecule has 0 spiro atoms. The second-order valence-electron chi connectivity index (χ2n) is 5.40. The molecule has 5 heteroatoms. The van der Waals surface area contributed by atoms with E-state index in [1.807, 2.05) is 35.2 Å². The number of amides is 1. The SMILES string of the molecule is O=C(Cc1ccccc1)N1CCCCC[C@@H]1c1ncon1. The van der Waals surface area contributed by atoms with Crippen molar-refractivity contribution in [3.63, 3.8) is 0 Å². The maximum atomic E-state index is 12.7. The van der Waals surface area contributed by atoms with E-state index in [1.165, 1.54) is 6.39 Å². The molecule has 1 saturated heterocycles. The van der Waals surface area contributed by atoms with Crippen LogP contribution in [0.15, 0.2) is 41.2 Å². The predicted molar refractivity (Wildman–Crippen MR) is 77.4 cm³/mol. The summed E-state index contributed by atoms with van der Waals surface area (Å²) >= 11 is 0. The molecule has 21 heavy (non-hydrogen) atoms. The summed E-state index contributed by atoms with van der Waals surface area (Å²) in [6, 6.07) is 9.80. The van der Waals surface area contributed by atoms with Gasteiger partial charge in [-0.25, -0.2) is 0 Å². The number of nitrogens with zero attached hydrogens (tertiary/aromatic N) is 3. The van der Waals surface area contributed by atoms with E-state index in [2.05, 4.69) is 10.1 Å². The number of aromatic nitrogens is 2. The number of benzene rings is 1. The van der Waals surface area contributed by atoms with Gasteiger partial charge in [-0.15, -0.1) is 0 Å². The first-order chi connectivity index (χ1) is 10.3. The summed E-state index contributed by atoms with van der Waals surface area (Å²) in [7, 11) is 0. The van der Waals surface area contributed by atoms with Crippen molar-refractivity contribution < 1.29 is 9.32 Å². The van der Waals surface area contributed by atoms with Crippen LogP contribution in [0.4, 0.5) is 0 Å². The summed E-state index contributed by atoms with van der Waals surface area (Å²) in [6.45, 7) is 0.769. The predicted octanol–water partition coefficient (Wildman–Crippen LogP) is 2.76. The van der Waals surface area contributed by atoms with Gasteiger partial charge in [0.05, 0.1) is 12.5 Å². The lowest BCUT2D eigenvalue weighted by molar-refractivity contribution is -0.133. The minimum absolute atomic E-state index is 0.0533. The molecule has 0 aliphatic carbocycles. The van der Waals surface area contributed by atoms with E-state index in [0.717, 1.165) is 37.8 Å². The lowest BCUT2D eigenvalue weighted by Crippen LogP contribution is -2.36. The molecule has 1 aliphatic heterocycles. The summed E-state index contributed by atoms with van der Waals surface area (Å²) in [6.07, 6.45) is 5.93. The Balaban J connectivity index is 1.77. The van der Waals surface area contributed by atoms with Gasteiger partial charge in [-0.05, 0) is 18.4 Å². The lowest BCUT2D eigenvalue weighted by Gasteiger charge is -2.28. The summed E-state index contributed by atoms with van der Waals surface area (Å²) < 4.78 is 4.86. The molecule has 2 heterocycles. The Kier molecular flexibility index (Phi) is 4.28. The van der Waals surface area contributed by atoms with Crippen molar-refractivity contribution in [1.29, 1.82) is 0 Å². The molecule has 1 amide bonds. The zero-order valence-corrected chi connectivity index (χ0v) is 11.9. The number of carbonyl (C=O) groups excluding carboxylic acids is 1. The zero-order chi connectivity index (χ0) is 14.5. The second kappa shape index (κ2) is 6.52. The molecule has 5 nitrogen and oxygen atoms in total. The molecule has 0 saturated carbocycles. The molecule has 0 unspecified atom stereocenters. The first-order valence-corrected chi connectivity index (χ1v) is 7.44. The normalized spacial score (nSPS) is 19.2. The summed E-state index contributed by atoms with van der Waals surface area (Å²) in [5.41, 5.74) is 1.04. The highest BCUT2D eigenvalue weighted by Crippen LogP contribution is 2.28. The standard InChI is InChI=1S/C16H19N3O2/c20-15(11-13-7-3-1-4-8-13)19-10-6-2-5-9-14(19)16-17-12-21-18-16/h1,3-4,7-8,12,14H,2,5-6,9-11H2/t14-/m1/s1. The molecule has 1 aliphatic rings. The average molecular weight is 285 g/mol. The zero-order valence-electron chi connectivity index (χ0n) is 11.9. The average Bonchev–Trinajstić information content (AvgIpc) is 2.92. The highest BCUT2D eigenvalue weighted by Gasteiger charge is 2.29. The number of hydrogen-bond donors (Lipinski definition) is 0. The molecule has 2 aromatic rings. The Bertz CT molecular complexity index is 568. The van der Waals surface area contributed by atoms with Crippen LogP contribution < -0.4 is 0 Å². The molecule has 1 aromatic heterocycles. The van der Waals surface area contributed by atoms with Crippen LogP contribution in [0.3, 0.4) is 0 Å². The summed E-state index contributed by atoms with van der Waals surface area (Å²) in [5, 5.41) is 3.94. The summed E-state index contributed by atoms with van der Waals surface area (Å²) in [5.74, 6) is 0.760. The van der Waals surface area contributed by atoms with Crippen molar-refractivity contribution in [1.82, 2.24) is 15.0 Å². The van der Waals surface area contributed by atoms with Crippen molar-refractivity contribution in [2.45, 2.75) is 38.1 Å². The quantitative estimate of drug-likeness (QED) is 0.870. The second-order valence-corrected chi connectivity index (χ2v) is 5.40. The maximum absolute atomic E-state index is 12.7. The molecule has 1 fully saturated rings. The Labute approximate surface area is 124 Å². The van der Waals surface area contributed by atoms with Gasteiger partial charge in [-0.2, -0.15) is 4.98 Å². The van der Waals surface area contributed by atoms with E-state index < -0.39 is 0 Å². The third kappa shape index (κ3) is 3.29. The Morgan fingerprint density at radius 2 is 2.10 bits per heavy atom. The van der Waals surface area contributed by atoms with Crippen LogP contribution in [0, 0.1) is 0 Å². The highest BCUT2D eigenvalue weighted by atomic mass is 16.5. The van der Waals surface area contributed by atoms with Gasteiger partial charge in [-0.1, -0.05) is 48.3 Å². The molecule has 0 N–H and O–H groups in total. The van der Waals surface area contributed by atoms with E-state index in [9.17, 15) is 4.79 Å². The monoisotopic (exact) mass is 285 g/mol. The van der Waals surface area contributed by atoms with Gasteiger partial charge in [0.25, 0.3) is 0 Å². The van der Waals surface area contributed by atoms with Crippen molar-refractivity contribution in [2.75, 3.05) is 6.54 Å². The molecule has 1 aromatic carbocycles. The third-order valence-corrected chi connectivity index (χ3v) is 3.95. The largest absolute Gasteiger partial charge is 0.343 e. The maximum Gasteiger partial charge on any atom is 0.227 e. The minimum Gasteiger partial charge on any atom is -0.343 e. The molecule has 0 bridgehead atoms. The van der Waals surface area contributed by atoms with Gasteiger partial charge in [0, 0.05) is 6.54 Å². The fraction of sp³-hybridized carbons (Fsp3) is 0.438. The van der Waals surface area contributed by atoms with Gasteiger partial charge < -0.3 is 9.42 Å². The number of rotatable bonds is 3. The van der Waals surface area contributed by atoms with Crippen LogP contribution >= 0.6 is 0 Å². The fourth-order valence-corrected chi connectivity index (χ4v) is 2.87. The van der Waals surface area contributed by atoms with Crippen LogP contribution in [0.1, 0.15) is 43.1 Å². The van der Waals surface area contributed by atoms with Crippen LogP contribution in [0.5, 0.6) is 0 Å². The van der Waals surface area contributed by atoms with E-state index in [4.69, 9.17) is 4.52 Å².